The predicted octanol–water partition coefficient (Wildman–Crippen LogP) is 3.24. The van der Waals surface area contributed by atoms with Crippen molar-refractivity contribution in [1.82, 2.24) is 15.1 Å². The number of hydrogen-bond acceptors (Lipinski definition) is 4. The smallest absolute Gasteiger partial charge is 0.318 e. The fourth-order valence-electron chi connectivity index (χ4n) is 6.34. The molecule has 2 saturated heterocycles. The molecule has 1 aromatic carbocycles. The molecule has 2 bridgehead atoms. The highest BCUT2D eigenvalue weighted by Crippen LogP contribution is 2.43. The standard InChI is InChI=1S/C25H36N4O3/c1-32-22-10-6-5-9-21(22)27-13-15-28(16-14-27)24(30)23-18-11-12-20(17-18)29(23)25(31)26-19-7-3-2-4-8-19/h5-6,9-10,18-20,23H,2-4,7-8,11-17H2,1H3,(H,26,31)/t18-,20-,23-/m0/s1. The highest BCUT2D eigenvalue weighted by Gasteiger charge is 2.52. The minimum atomic E-state index is -0.282. The number of piperazine rings is 1. The zero-order valence-electron chi connectivity index (χ0n) is 19.2. The van der Waals surface area contributed by atoms with Crippen LogP contribution in [-0.2, 0) is 4.79 Å². The van der Waals surface area contributed by atoms with Crippen LogP contribution in [0.2, 0.25) is 0 Å². The van der Waals surface area contributed by atoms with Gasteiger partial charge in [-0.05, 0) is 50.2 Å². The number of ether oxygens (including phenoxy) is 1. The number of benzene rings is 1. The Labute approximate surface area is 191 Å². The van der Waals surface area contributed by atoms with E-state index in [1.165, 1.54) is 19.3 Å². The fraction of sp³-hybridized carbons (Fsp3) is 0.680. The third-order valence-electron chi connectivity index (χ3n) is 8.02. The van der Waals surface area contributed by atoms with Crippen molar-refractivity contribution < 1.29 is 14.3 Å². The van der Waals surface area contributed by atoms with Gasteiger partial charge in [-0.15, -0.1) is 0 Å². The third-order valence-corrected chi connectivity index (χ3v) is 8.02. The van der Waals surface area contributed by atoms with Crippen LogP contribution in [0.25, 0.3) is 0 Å². The van der Waals surface area contributed by atoms with E-state index in [9.17, 15) is 9.59 Å². The van der Waals surface area contributed by atoms with Crippen LogP contribution in [0.15, 0.2) is 24.3 Å². The average Bonchev–Trinajstić information content (AvgIpc) is 3.46. The number of piperidine rings is 1. The van der Waals surface area contributed by atoms with Crippen molar-refractivity contribution in [1.29, 1.82) is 0 Å². The summed E-state index contributed by atoms with van der Waals surface area (Å²) in [5.41, 5.74) is 1.08. The molecule has 7 nitrogen and oxygen atoms in total. The Kier molecular flexibility index (Phi) is 6.15. The predicted molar refractivity (Wildman–Crippen MR) is 124 cm³/mol. The van der Waals surface area contributed by atoms with Gasteiger partial charge in [0.2, 0.25) is 5.91 Å². The van der Waals surface area contributed by atoms with Crippen molar-refractivity contribution in [2.75, 3.05) is 38.2 Å². The number of likely N-dealkylation sites (tertiary alicyclic amines) is 1. The van der Waals surface area contributed by atoms with E-state index in [0.29, 0.717) is 19.0 Å². The van der Waals surface area contributed by atoms with Crippen LogP contribution in [0.1, 0.15) is 51.4 Å². The molecule has 1 aromatic rings. The van der Waals surface area contributed by atoms with E-state index in [2.05, 4.69) is 16.3 Å². The summed E-state index contributed by atoms with van der Waals surface area (Å²) < 4.78 is 5.52. The first kappa shape index (κ1) is 21.4. The molecule has 7 heteroatoms. The van der Waals surface area contributed by atoms with Crippen LogP contribution in [0.4, 0.5) is 10.5 Å². The van der Waals surface area contributed by atoms with Crippen LogP contribution in [-0.4, -0.2) is 73.2 Å². The molecule has 2 aliphatic carbocycles. The molecule has 2 heterocycles. The highest BCUT2D eigenvalue weighted by molar-refractivity contribution is 5.89. The molecule has 0 spiro atoms. The summed E-state index contributed by atoms with van der Waals surface area (Å²) in [6.07, 6.45) is 8.86. The van der Waals surface area contributed by atoms with E-state index in [4.69, 9.17) is 4.74 Å². The van der Waals surface area contributed by atoms with E-state index in [0.717, 1.165) is 56.6 Å². The number of para-hydroxylation sites is 2. The topological polar surface area (TPSA) is 65.1 Å². The van der Waals surface area contributed by atoms with Crippen molar-refractivity contribution in [2.24, 2.45) is 5.92 Å². The number of carbonyl (C=O) groups excluding carboxylic acids is 2. The van der Waals surface area contributed by atoms with Gasteiger partial charge < -0.3 is 24.8 Å². The number of carbonyl (C=O) groups is 2. The maximum Gasteiger partial charge on any atom is 0.318 e. The summed E-state index contributed by atoms with van der Waals surface area (Å²) in [5.74, 6) is 1.33. The summed E-state index contributed by atoms with van der Waals surface area (Å²) in [6.45, 7) is 2.92. The molecule has 174 valence electrons. The first-order valence-electron chi connectivity index (χ1n) is 12.4. The number of nitrogens with one attached hydrogen (secondary N) is 1. The number of anilines is 1. The minimum absolute atomic E-state index is 0.00453. The zero-order chi connectivity index (χ0) is 22.1. The number of nitrogens with zero attached hydrogens (tertiary/aromatic N) is 3. The van der Waals surface area contributed by atoms with Gasteiger partial charge in [0.1, 0.15) is 11.8 Å². The second kappa shape index (κ2) is 9.20. The van der Waals surface area contributed by atoms with Crippen LogP contribution >= 0.6 is 0 Å². The van der Waals surface area contributed by atoms with Gasteiger partial charge in [0.15, 0.2) is 0 Å². The third kappa shape index (κ3) is 4.02. The van der Waals surface area contributed by atoms with Gasteiger partial charge >= 0.3 is 6.03 Å². The van der Waals surface area contributed by atoms with Gasteiger partial charge in [0.05, 0.1) is 12.8 Å². The number of hydrogen-bond donors (Lipinski definition) is 1. The monoisotopic (exact) mass is 440 g/mol. The molecule has 0 aromatic heterocycles. The number of amides is 3. The molecule has 0 radical (unpaired) electrons. The lowest BCUT2D eigenvalue weighted by molar-refractivity contribution is -0.137. The van der Waals surface area contributed by atoms with E-state index in [1.54, 1.807) is 7.11 Å². The quantitative estimate of drug-likeness (QED) is 0.781. The first-order chi connectivity index (χ1) is 15.7. The molecule has 2 saturated carbocycles. The van der Waals surface area contributed by atoms with Gasteiger partial charge in [0.25, 0.3) is 0 Å². The highest BCUT2D eigenvalue weighted by atomic mass is 16.5. The Balaban J connectivity index is 1.23. The normalized spacial score (nSPS) is 28.2. The maximum absolute atomic E-state index is 13.6. The summed E-state index contributed by atoms with van der Waals surface area (Å²) in [4.78, 5) is 33.1. The van der Waals surface area contributed by atoms with E-state index < -0.39 is 0 Å². The van der Waals surface area contributed by atoms with Gasteiger partial charge in [0, 0.05) is 38.3 Å². The lowest BCUT2D eigenvalue weighted by atomic mass is 9.95. The van der Waals surface area contributed by atoms with Crippen molar-refractivity contribution >= 4 is 17.6 Å². The van der Waals surface area contributed by atoms with E-state index >= 15 is 0 Å². The van der Waals surface area contributed by atoms with Crippen LogP contribution < -0.4 is 15.0 Å². The molecular formula is C25H36N4O3. The SMILES string of the molecule is COc1ccccc1N1CCN(C(=O)[C@@H]2[C@H]3CC[C@@H](C3)N2C(=O)NC2CCCCC2)CC1. The molecule has 4 fully saturated rings. The zero-order valence-corrected chi connectivity index (χ0v) is 19.2. The molecular weight excluding hydrogens is 404 g/mol. The Morgan fingerprint density at radius 2 is 1.72 bits per heavy atom. The number of fused-ring (bicyclic) bond motifs is 2. The van der Waals surface area contributed by atoms with Crippen LogP contribution in [0.5, 0.6) is 5.75 Å². The second-order valence-electron chi connectivity index (χ2n) is 9.85. The lowest BCUT2D eigenvalue weighted by Crippen LogP contribution is -2.60. The molecule has 3 atom stereocenters. The second-order valence-corrected chi connectivity index (χ2v) is 9.85. The largest absolute Gasteiger partial charge is 0.495 e. The van der Waals surface area contributed by atoms with Crippen molar-refractivity contribution in [2.45, 2.75) is 69.5 Å². The Morgan fingerprint density at radius 3 is 2.47 bits per heavy atom. The average molecular weight is 441 g/mol. The maximum atomic E-state index is 13.6. The van der Waals surface area contributed by atoms with Crippen molar-refractivity contribution in [3.8, 4) is 5.75 Å². The fourth-order valence-corrected chi connectivity index (χ4v) is 6.34. The molecule has 0 unspecified atom stereocenters. The first-order valence-corrected chi connectivity index (χ1v) is 12.4. The molecule has 4 aliphatic rings. The van der Waals surface area contributed by atoms with Crippen LogP contribution in [0, 0.1) is 5.92 Å². The van der Waals surface area contributed by atoms with E-state index in [-0.39, 0.29) is 30.1 Å². The number of rotatable bonds is 4. The molecule has 2 aliphatic heterocycles. The molecule has 32 heavy (non-hydrogen) atoms. The van der Waals surface area contributed by atoms with E-state index in [1.807, 2.05) is 28.0 Å². The summed E-state index contributed by atoms with van der Waals surface area (Å²) in [5, 5.41) is 3.27. The summed E-state index contributed by atoms with van der Waals surface area (Å²) >= 11 is 0. The Morgan fingerprint density at radius 1 is 0.969 bits per heavy atom. The van der Waals surface area contributed by atoms with Crippen molar-refractivity contribution in [3.63, 3.8) is 0 Å². The van der Waals surface area contributed by atoms with Gasteiger partial charge in [-0.25, -0.2) is 4.79 Å². The molecule has 5 rings (SSSR count). The van der Waals surface area contributed by atoms with Gasteiger partial charge in [-0.2, -0.15) is 0 Å². The van der Waals surface area contributed by atoms with Gasteiger partial charge in [-0.3, -0.25) is 4.79 Å². The lowest BCUT2D eigenvalue weighted by Gasteiger charge is -2.41. The molecule has 1 N–H and O–H groups in total. The summed E-state index contributed by atoms with van der Waals surface area (Å²) in [7, 11) is 1.70. The van der Waals surface area contributed by atoms with Crippen LogP contribution in [0.3, 0.4) is 0 Å². The Bertz CT molecular complexity index is 832. The minimum Gasteiger partial charge on any atom is -0.495 e. The van der Waals surface area contributed by atoms with Gasteiger partial charge in [-0.1, -0.05) is 31.4 Å². The van der Waals surface area contributed by atoms with Crippen molar-refractivity contribution in [3.05, 3.63) is 24.3 Å². The molecule has 3 amide bonds. The Hall–Kier alpha value is -2.44. The number of urea groups is 1. The summed E-state index contributed by atoms with van der Waals surface area (Å²) in [6, 6.07) is 8.26. The number of methoxy groups -OCH3 is 1.